The molecule has 6 N–H and O–H groups in total. The summed E-state index contributed by atoms with van der Waals surface area (Å²) in [7, 11) is 0. The third kappa shape index (κ3) is 8.72. The fraction of sp³-hybridized carbons (Fsp3) is 0.304. The van der Waals surface area contributed by atoms with E-state index in [0.29, 0.717) is 12.1 Å². The van der Waals surface area contributed by atoms with Gasteiger partial charge in [-0.25, -0.2) is 0 Å². The Morgan fingerprint density at radius 3 is 2.28 bits per heavy atom. The molecule has 2 aromatic carbocycles. The highest BCUT2D eigenvalue weighted by atomic mass is 16.1. The minimum Gasteiger partial charge on any atom is -0.384 e. The molecular formula is C23H31N5O. The maximum absolute atomic E-state index is 11.9. The molecule has 6 heteroatoms. The summed E-state index contributed by atoms with van der Waals surface area (Å²) in [5.74, 6) is -0.0105. The molecule has 0 saturated carbocycles. The number of pyridine rings is 1. The van der Waals surface area contributed by atoms with Crippen LogP contribution >= 0.6 is 0 Å². The van der Waals surface area contributed by atoms with Gasteiger partial charge in [-0.15, -0.1) is 0 Å². The van der Waals surface area contributed by atoms with Crippen LogP contribution < -0.4 is 22.1 Å². The van der Waals surface area contributed by atoms with Crippen molar-refractivity contribution >= 4 is 22.5 Å². The summed E-state index contributed by atoms with van der Waals surface area (Å²) in [4.78, 5) is 16.3. The van der Waals surface area contributed by atoms with Crippen LogP contribution in [0.15, 0.2) is 66.9 Å². The molecule has 0 spiro atoms. The number of benzene rings is 2. The Morgan fingerprint density at radius 2 is 1.55 bits per heavy atom. The normalized spacial score (nSPS) is 10.8. The minimum atomic E-state index is -0.500. The SMILES string of the molecule is CC(C)(N)N.O=C(NCCCCNc1ccnc2ccccc12)c1ccccc1. The minimum absolute atomic E-state index is 0.0105. The van der Waals surface area contributed by atoms with E-state index >= 15 is 0 Å². The summed E-state index contributed by atoms with van der Waals surface area (Å²) in [6.07, 6.45) is 3.76. The van der Waals surface area contributed by atoms with Gasteiger partial charge in [0.15, 0.2) is 0 Å². The number of para-hydroxylation sites is 1. The highest BCUT2D eigenvalue weighted by Crippen LogP contribution is 2.20. The molecule has 0 bridgehead atoms. The molecule has 0 atom stereocenters. The second-order valence-electron chi connectivity index (χ2n) is 7.45. The summed E-state index contributed by atoms with van der Waals surface area (Å²) in [6, 6.07) is 19.4. The van der Waals surface area contributed by atoms with Crippen LogP contribution in [0.2, 0.25) is 0 Å². The lowest BCUT2D eigenvalue weighted by Gasteiger charge is -2.09. The second-order valence-corrected chi connectivity index (χ2v) is 7.45. The van der Waals surface area contributed by atoms with Crippen molar-refractivity contribution < 1.29 is 4.79 Å². The van der Waals surface area contributed by atoms with Crippen LogP contribution in [0, 0.1) is 0 Å². The third-order valence-corrected chi connectivity index (χ3v) is 3.89. The fourth-order valence-corrected chi connectivity index (χ4v) is 2.62. The highest BCUT2D eigenvalue weighted by Gasteiger charge is 2.03. The monoisotopic (exact) mass is 393 g/mol. The van der Waals surface area contributed by atoms with Gasteiger partial charge in [0, 0.05) is 35.9 Å². The Morgan fingerprint density at radius 1 is 0.931 bits per heavy atom. The molecule has 3 aromatic rings. The van der Waals surface area contributed by atoms with Crippen molar-refractivity contribution in [3.05, 3.63) is 72.4 Å². The number of anilines is 1. The number of carbonyl (C=O) groups is 1. The van der Waals surface area contributed by atoms with E-state index in [2.05, 4.69) is 21.7 Å². The lowest BCUT2D eigenvalue weighted by molar-refractivity contribution is 0.0953. The number of unbranched alkanes of at least 4 members (excludes halogenated alkanes) is 1. The van der Waals surface area contributed by atoms with Crippen LogP contribution in [0.3, 0.4) is 0 Å². The molecule has 0 fully saturated rings. The van der Waals surface area contributed by atoms with Gasteiger partial charge < -0.3 is 22.1 Å². The predicted octanol–water partition coefficient (Wildman–Crippen LogP) is 3.50. The zero-order valence-corrected chi connectivity index (χ0v) is 17.2. The third-order valence-electron chi connectivity index (χ3n) is 3.89. The molecule has 0 aliphatic heterocycles. The number of hydrogen-bond donors (Lipinski definition) is 4. The van der Waals surface area contributed by atoms with Crippen LogP contribution in [-0.4, -0.2) is 29.6 Å². The Kier molecular flexibility index (Phi) is 8.58. The highest BCUT2D eigenvalue weighted by molar-refractivity contribution is 5.94. The van der Waals surface area contributed by atoms with Crippen LogP contribution in [-0.2, 0) is 0 Å². The number of aromatic nitrogens is 1. The Bertz CT molecular complexity index is 879. The van der Waals surface area contributed by atoms with Crippen molar-refractivity contribution in [1.29, 1.82) is 0 Å². The molecule has 3 rings (SSSR count). The topological polar surface area (TPSA) is 106 Å². The second kappa shape index (κ2) is 11.1. The molecule has 0 aliphatic rings. The smallest absolute Gasteiger partial charge is 0.251 e. The fourth-order valence-electron chi connectivity index (χ4n) is 2.62. The first-order valence-electron chi connectivity index (χ1n) is 9.83. The molecule has 0 aliphatic carbocycles. The number of carbonyl (C=O) groups excluding carboxylic acids is 1. The first-order chi connectivity index (χ1) is 13.8. The number of hydrogen-bond acceptors (Lipinski definition) is 5. The molecular weight excluding hydrogens is 362 g/mol. The molecule has 1 aromatic heterocycles. The average Bonchev–Trinajstić information content (AvgIpc) is 2.70. The van der Waals surface area contributed by atoms with Gasteiger partial charge in [-0.1, -0.05) is 36.4 Å². The summed E-state index contributed by atoms with van der Waals surface area (Å²) < 4.78 is 0. The standard InChI is InChI=1S/C20H21N3O.C3H10N2/c24-20(16-8-2-1-3-9-16)23-14-7-6-13-21-19-12-15-22-18-11-5-4-10-17(18)19;1-3(2,4)5/h1-5,8-12,15H,6-7,13-14H2,(H,21,22)(H,23,24);4-5H2,1-2H3. The van der Waals surface area contributed by atoms with Crippen molar-refractivity contribution in [3.63, 3.8) is 0 Å². The zero-order valence-electron chi connectivity index (χ0n) is 17.2. The van der Waals surface area contributed by atoms with Crippen molar-refractivity contribution in [2.75, 3.05) is 18.4 Å². The van der Waals surface area contributed by atoms with Crippen LogP contribution in [0.4, 0.5) is 5.69 Å². The number of amides is 1. The van der Waals surface area contributed by atoms with E-state index in [9.17, 15) is 4.79 Å². The van der Waals surface area contributed by atoms with Gasteiger partial charge in [0.05, 0.1) is 11.2 Å². The van der Waals surface area contributed by atoms with Gasteiger partial charge in [-0.3, -0.25) is 9.78 Å². The maximum atomic E-state index is 11.9. The maximum Gasteiger partial charge on any atom is 0.251 e. The number of rotatable bonds is 7. The molecule has 154 valence electrons. The summed E-state index contributed by atoms with van der Waals surface area (Å²) in [6.45, 7) is 5.04. The molecule has 29 heavy (non-hydrogen) atoms. The molecule has 0 unspecified atom stereocenters. The van der Waals surface area contributed by atoms with E-state index < -0.39 is 5.66 Å². The number of fused-ring (bicyclic) bond motifs is 1. The van der Waals surface area contributed by atoms with E-state index in [1.165, 1.54) is 0 Å². The Balaban J connectivity index is 0.000000537. The van der Waals surface area contributed by atoms with Crippen molar-refractivity contribution in [3.8, 4) is 0 Å². The summed E-state index contributed by atoms with van der Waals surface area (Å²) in [5.41, 5.74) is 12.6. The lowest BCUT2D eigenvalue weighted by atomic mass is 10.2. The van der Waals surface area contributed by atoms with E-state index in [1.54, 1.807) is 13.8 Å². The van der Waals surface area contributed by atoms with Gasteiger partial charge >= 0.3 is 0 Å². The van der Waals surface area contributed by atoms with Gasteiger partial charge in [-0.05, 0) is 51.0 Å². The van der Waals surface area contributed by atoms with Gasteiger partial charge in [0.2, 0.25) is 0 Å². The first-order valence-corrected chi connectivity index (χ1v) is 9.83. The first kappa shape index (κ1) is 22.3. The molecule has 0 saturated heterocycles. The average molecular weight is 394 g/mol. The van der Waals surface area contributed by atoms with Crippen LogP contribution in [0.5, 0.6) is 0 Å². The van der Waals surface area contributed by atoms with Gasteiger partial charge in [-0.2, -0.15) is 0 Å². The lowest BCUT2D eigenvalue weighted by Crippen LogP contribution is -2.42. The molecule has 1 amide bonds. The number of nitrogens with one attached hydrogen (secondary N) is 2. The summed E-state index contributed by atoms with van der Waals surface area (Å²) >= 11 is 0. The van der Waals surface area contributed by atoms with Crippen molar-refractivity contribution in [2.45, 2.75) is 32.4 Å². The van der Waals surface area contributed by atoms with E-state index in [-0.39, 0.29) is 5.91 Å². The van der Waals surface area contributed by atoms with Crippen LogP contribution in [0.25, 0.3) is 10.9 Å². The number of nitrogens with zero attached hydrogens (tertiary/aromatic N) is 1. The van der Waals surface area contributed by atoms with Gasteiger partial charge in [0.1, 0.15) is 0 Å². The predicted molar refractivity (Wildman–Crippen MR) is 121 cm³/mol. The van der Waals surface area contributed by atoms with Gasteiger partial charge in [0.25, 0.3) is 5.91 Å². The Labute approximate surface area is 172 Å². The molecule has 6 nitrogen and oxygen atoms in total. The van der Waals surface area contributed by atoms with Crippen molar-refractivity contribution in [2.24, 2.45) is 11.5 Å². The molecule has 0 radical (unpaired) electrons. The van der Waals surface area contributed by atoms with E-state index in [4.69, 9.17) is 11.5 Å². The largest absolute Gasteiger partial charge is 0.384 e. The summed E-state index contributed by atoms with van der Waals surface area (Å²) in [5, 5.41) is 7.54. The Hall–Kier alpha value is -2.96. The van der Waals surface area contributed by atoms with Crippen LogP contribution in [0.1, 0.15) is 37.0 Å². The van der Waals surface area contributed by atoms with E-state index in [1.807, 2.05) is 60.8 Å². The molecule has 1 heterocycles. The van der Waals surface area contributed by atoms with Crippen molar-refractivity contribution in [1.82, 2.24) is 10.3 Å². The van der Waals surface area contributed by atoms with E-state index in [0.717, 1.165) is 36.0 Å². The number of nitrogens with two attached hydrogens (primary N) is 2. The quantitative estimate of drug-likeness (QED) is 0.363. The zero-order chi connectivity index (χ0) is 21.1.